The Balaban J connectivity index is 1.56. The first kappa shape index (κ1) is 25.4. The van der Waals surface area contributed by atoms with E-state index in [9.17, 15) is 18.4 Å². The number of nitrogens with one attached hydrogen (secondary N) is 2. The third-order valence-corrected chi connectivity index (χ3v) is 7.18. The molecule has 1 aliphatic heterocycles. The quantitative estimate of drug-likeness (QED) is 0.323. The Labute approximate surface area is 227 Å². The number of anilines is 1. The highest BCUT2D eigenvalue weighted by molar-refractivity contribution is 5.95. The van der Waals surface area contributed by atoms with Crippen molar-refractivity contribution in [2.45, 2.75) is 39.2 Å². The van der Waals surface area contributed by atoms with Crippen molar-refractivity contribution in [3.8, 4) is 17.1 Å². The van der Waals surface area contributed by atoms with Crippen LogP contribution < -0.4 is 10.2 Å². The zero-order valence-electron chi connectivity index (χ0n) is 22.0. The molecule has 40 heavy (non-hydrogen) atoms. The zero-order chi connectivity index (χ0) is 28.1. The van der Waals surface area contributed by atoms with Gasteiger partial charge in [-0.3, -0.25) is 14.2 Å². The summed E-state index contributed by atoms with van der Waals surface area (Å²) >= 11 is 0. The second-order valence-electron chi connectivity index (χ2n) is 9.68. The number of amides is 2. The van der Waals surface area contributed by atoms with Crippen molar-refractivity contribution in [2.75, 3.05) is 11.9 Å². The fraction of sp³-hybridized carbons (Fsp3) is 0.250. The second-order valence-corrected chi connectivity index (χ2v) is 9.68. The molecule has 1 saturated heterocycles. The molecule has 5 aromatic rings. The smallest absolute Gasteiger partial charge is 0.269 e. The average Bonchev–Trinajstić information content (AvgIpc) is 3.66. The van der Waals surface area contributed by atoms with Crippen molar-refractivity contribution in [3.05, 3.63) is 77.2 Å². The fourth-order valence-electron chi connectivity index (χ4n) is 5.34. The lowest BCUT2D eigenvalue weighted by atomic mass is 9.99. The highest BCUT2D eigenvalue weighted by Gasteiger charge is 2.35. The van der Waals surface area contributed by atoms with Crippen molar-refractivity contribution in [1.29, 1.82) is 0 Å². The predicted molar refractivity (Wildman–Crippen MR) is 142 cm³/mol. The SMILES string of the molecule is CNC(=O)c1cnc(-n2c(C3CCCC(=O)N3c3ccc(F)c(F)c3)nc3cc(-c4c(C)noc4C)ccc32)[nH]1. The number of nitrogens with zero attached hydrogens (tertiary/aromatic N) is 5. The van der Waals surface area contributed by atoms with Gasteiger partial charge in [-0.15, -0.1) is 0 Å². The second kappa shape index (κ2) is 9.70. The number of aromatic nitrogens is 5. The summed E-state index contributed by atoms with van der Waals surface area (Å²) in [6.45, 7) is 3.69. The average molecular weight is 546 g/mol. The van der Waals surface area contributed by atoms with Gasteiger partial charge in [0.1, 0.15) is 17.3 Å². The van der Waals surface area contributed by atoms with Crippen LogP contribution in [0.2, 0.25) is 0 Å². The van der Waals surface area contributed by atoms with Crippen LogP contribution in [-0.2, 0) is 4.79 Å². The number of halogens is 2. The minimum atomic E-state index is -1.05. The summed E-state index contributed by atoms with van der Waals surface area (Å²) in [7, 11) is 1.52. The Bertz CT molecular complexity index is 1770. The molecule has 2 amide bonds. The van der Waals surface area contributed by atoms with Crippen LogP contribution in [0.25, 0.3) is 28.1 Å². The van der Waals surface area contributed by atoms with Gasteiger partial charge in [0, 0.05) is 30.8 Å². The summed E-state index contributed by atoms with van der Waals surface area (Å²) in [5.41, 5.74) is 4.20. The Morgan fingerprint density at radius 2 is 1.98 bits per heavy atom. The van der Waals surface area contributed by atoms with E-state index in [-0.39, 0.29) is 29.6 Å². The van der Waals surface area contributed by atoms with E-state index in [2.05, 4.69) is 20.4 Å². The van der Waals surface area contributed by atoms with Gasteiger partial charge in [-0.2, -0.15) is 0 Å². The Hall–Kier alpha value is -4.87. The minimum Gasteiger partial charge on any atom is -0.361 e. The van der Waals surface area contributed by atoms with E-state index < -0.39 is 17.7 Å². The summed E-state index contributed by atoms with van der Waals surface area (Å²) in [4.78, 5) is 39.4. The molecule has 1 aliphatic rings. The molecule has 0 aliphatic carbocycles. The number of imidazole rings is 2. The van der Waals surface area contributed by atoms with E-state index in [1.807, 2.05) is 32.0 Å². The maximum atomic E-state index is 14.3. The van der Waals surface area contributed by atoms with Crippen LogP contribution in [0.5, 0.6) is 0 Å². The lowest BCUT2D eigenvalue weighted by molar-refractivity contribution is -0.120. The number of fused-ring (bicyclic) bond motifs is 1. The number of carbonyl (C=O) groups excluding carboxylic acids is 2. The molecule has 0 saturated carbocycles. The number of benzene rings is 2. The van der Waals surface area contributed by atoms with Crippen molar-refractivity contribution in [3.63, 3.8) is 0 Å². The number of carbonyl (C=O) groups is 2. The van der Waals surface area contributed by atoms with Crippen LogP contribution in [0.15, 0.2) is 47.1 Å². The maximum Gasteiger partial charge on any atom is 0.269 e. The van der Waals surface area contributed by atoms with Gasteiger partial charge in [-0.25, -0.2) is 18.7 Å². The lowest BCUT2D eigenvalue weighted by Crippen LogP contribution is -2.39. The molecule has 0 bridgehead atoms. The predicted octanol–water partition coefficient (Wildman–Crippen LogP) is 4.92. The fourth-order valence-corrected chi connectivity index (χ4v) is 5.34. The summed E-state index contributed by atoms with van der Waals surface area (Å²) in [5, 5.41) is 6.62. The molecule has 0 spiro atoms. The minimum absolute atomic E-state index is 0.231. The van der Waals surface area contributed by atoms with Crippen molar-refractivity contribution in [2.24, 2.45) is 0 Å². The summed E-state index contributed by atoms with van der Waals surface area (Å²) in [6.07, 6.45) is 2.78. The zero-order valence-corrected chi connectivity index (χ0v) is 22.0. The number of aryl methyl sites for hydroxylation is 2. The molecule has 3 aromatic heterocycles. The van der Waals surface area contributed by atoms with Crippen LogP contribution in [-0.4, -0.2) is 43.5 Å². The van der Waals surface area contributed by atoms with Crippen LogP contribution in [0.3, 0.4) is 0 Å². The number of H-pyrrole nitrogens is 1. The van der Waals surface area contributed by atoms with Gasteiger partial charge in [0.15, 0.2) is 11.6 Å². The van der Waals surface area contributed by atoms with Gasteiger partial charge in [0.2, 0.25) is 11.9 Å². The lowest BCUT2D eigenvalue weighted by Gasteiger charge is -2.35. The highest BCUT2D eigenvalue weighted by Crippen LogP contribution is 2.39. The Morgan fingerprint density at radius 3 is 2.70 bits per heavy atom. The van der Waals surface area contributed by atoms with E-state index in [0.717, 1.165) is 29.0 Å². The highest BCUT2D eigenvalue weighted by atomic mass is 19.2. The molecule has 4 heterocycles. The van der Waals surface area contributed by atoms with E-state index in [1.165, 1.54) is 24.2 Å². The van der Waals surface area contributed by atoms with E-state index >= 15 is 0 Å². The monoisotopic (exact) mass is 545 g/mol. The molecule has 1 unspecified atom stereocenters. The molecular formula is C28H25F2N7O3. The molecule has 12 heteroatoms. The molecule has 10 nitrogen and oxygen atoms in total. The van der Waals surface area contributed by atoms with E-state index in [0.29, 0.717) is 41.4 Å². The number of piperidine rings is 1. The molecule has 2 N–H and O–H groups in total. The number of hydrogen-bond donors (Lipinski definition) is 2. The van der Waals surface area contributed by atoms with Gasteiger partial charge >= 0.3 is 0 Å². The molecule has 1 atom stereocenters. The first-order valence-electron chi connectivity index (χ1n) is 12.8. The van der Waals surface area contributed by atoms with E-state index in [1.54, 1.807) is 4.57 Å². The standard InChI is InChI=1S/C28H25F2N7O3/c1-14-25(15(2)40-35-14)16-7-10-22-20(11-16)33-26(37(22)28-32-13-21(34-28)27(39)31-3)23-5-4-6-24(38)36(23)17-8-9-18(29)19(30)12-17/h7-13,23H,4-6H2,1-3H3,(H,31,39)(H,32,34). The molecule has 0 radical (unpaired) electrons. The topological polar surface area (TPSA) is 122 Å². The Morgan fingerprint density at radius 1 is 1.15 bits per heavy atom. The normalized spacial score (nSPS) is 15.7. The van der Waals surface area contributed by atoms with Crippen LogP contribution in [0.4, 0.5) is 14.5 Å². The number of hydrogen-bond acceptors (Lipinski definition) is 6. The van der Waals surface area contributed by atoms with Crippen LogP contribution >= 0.6 is 0 Å². The molecule has 1 fully saturated rings. The molecule has 204 valence electrons. The summed E-state index contributed by atoms with van der Waals surface area (Å²) in [6, 6.07) is 8.48. The Kier molecular flexibility index (Phi) is 6.16. The third-order valence-electron chi connectivity index (χ3n) is 7.18. The van der Waals surface area contributed by atoms with Gasteiger partial charge in [-0.05, 0) is 56.5 Å². The summed E-state index contributed by atoms with van der Waals surface area (Å²) in [5.74, 6) is -1.18. The van der Waals surface area contributed by atoms with Gasteiger partial charge in [0.05, 0.1) is 29.0 Å². The third kappa shape index (κ3) is 4.12. The van der Waals surface area contributed by atoms with Crippen LogP contribution in [0.1, 0.15) is 53.1 Å². The molecular weight excluding hydrogens is 520 g/mol. The number of rotatable bonds is 5. The molecule has 2 aromatic carbocycles. The van der Waals surface area contributed by atoms with Crippen LogP contribution in [0, 0.1) is 25.5 Å². The first-order chi connectivity index (χ1) is 19.3. The first-order valence-corrected chi connectivity index (χ1v) is 12.8. The number of aromatic amines is 1. The summed E-state index contributed by atoms with van der Waals surface area (Å²) < 4.78 is 35.1. The molecule has 6 rings (SSSR count). The van der Waals surface area contributed by atoms with Gasteiger partial charge in [-0.1, -0.05) is 11.2 Å². The largest absolute Gasteiger partial charge is 0.361 e. The van der Waals surface area contributed by atoms with Crippen molar-refractivity contribution < 1.29 is 22.9 Å². The van der Waals surface area contributed by atoms with E-state index in [4.69, 9.17) is 9.51 Å². The van der Waals surface area contributed by atoms with Gasteiger partial charge < -0.3 is 19.7 Å². The van der Waals surface area contributed by atoms with Crippen molar-refractivity contribution >= 4 is 28.5 Å². The van der Waals surface area contributed by atoms with Crippen molar-refractivity contribution in [1.82, 2.24) is 30.0 Å². The maximum absolute atomic E-state index is 14.3. The van der Waals surface area contributed by atoms with Gasteiger partial charge in [0.25, 0.3) is 5.91 Å².